The number of hydrogen-bond acceptors (Lipinski definition) is 9. The van der Waals surface area contributed by atoms with E-state index < -0.39 is 17.9 Å². The van der Waals surface area contributed by atoms with Crippen molar-refractivity contribution in [2.75, 3.05) is 26.4 Å². The summed E-state index contributed by atoms with van der Waals surface area (Å²) in [7, 11) is 0. The molecule has 9 nitrogen and oxygen atoms in total. The fraction of sp³-hybridized carbons (Fsp3) is 0.512. The molecule has 1 saturated heterocycles. The molecule has 52 heavy (non-hydrogen) atoms. The highest BCUT2D eigenvalue weighted by Gasteiger charge is 2.35. The Hall–Kier alpha value is -4.21. The first kappa shape index (κ1) is 39.0. The standard InChI is InChI=1S/C43H54O9/c1-3-5-26-48-35-21-17-34(18-22-35)41(45)52-39-24-23-37(28-38(39)42(46)50-29-32-13-9-8-10-14-32)51-40(44)33-15-19-36(20-16-33)49-27-12-7-6-11-25-43(4-2)30-47-31-43/h8-10,13-16,19-20,23-24,28,34-35H,3-7,11-12,17-18,21-22,25-27,29-31H2,1-2H3. The normalized spacial score (nSPS) is 17.8. The number of carbonyl (C=O) groups is 3. The zero-order chi connectivity index (χ0) is 36.6. The van der Waals surface area contributed by atoms with Crippen LogP contribution in [0.3, 0.4) is 0 Å². The molecule has 1 aliphatic carbocycles. The van der Waals surface area contributed by atoms with E-state index >= 15 is 0 Å². The average molecular weight is 715 g/mol. The van der Waals surface area contributed by atoms with Gasteiger partial charge in [-0.1, -0.05) is 69.9 Å². The first-order chi connectivity index (χ1) is 25.4. The van der Waals surface area contributed by atoms with Crippen molar-refractivity contribution in [3.63, 3.8) is 0 Å². The van der Waals surface area contributed by atoms with Crippen molar-refractivity contribution in [1.82, 2.24) is 0 Å². The Morgan fingerprint density at radius 2 is 1.48 bits per heavy atom. The van der Waals surface area contributed by atoms with Crippen LogP contribution in [0.1, 0.15) is 117 Å². The summed E-state index contributed by atoms with van der Waals surface area (Å²) in [6, 6.07) is 20.4. The van der Waals surface area contributed by atoms with Crippen molar-refractivity contribution in [3.05, 3.63) is 89.5 Å². The highest BCUT2D eigenvalue weighted by molar-refractivity contribution is 5.95. The number of hydrogen-bond donors (Lipinski definition) is 0. The highest BCUT2D eigenvalue weighted by Crippen LogP contribution is 2.37. The topological polar surface area (TPSA) is 107 Å². The van der Waals surface area contributed by atoms with E-state index in [1.807, 2.05) is 30.3 Å². The van der Waals surface area contributed by atoms with Gasteiger partial charge in [0.25, 0.3) is 0 Å². The summed E-state index contributed by atoms with van der Waals surface area (Å²) in [5.41, 5.74) is 1.55. The van der Waals surface area contributed by atoms with Crippen LogP contribution in [0, 0.1) is 11.3 Å². The van der Waals surface area contributed by atoms with E-state index in [1.54, 1.807) is 24.3 Å². The van der Waals surface area contributed by atoms with Crippen LogP contribution in [0.25, 0.3) is 0 Å². The van der Waals surface area contributed by atoms with E-state index in [-0.39, 0.29) is 35.7 Å². The van der Waals surface area contributed by atoms with Crippen molar-refractivity contribution in [3.8, 4) is 17.2 Å². The molecule has 5 rings (SSSR count). The molecule has 0 radical (unpaired) electrons. The van der Waals surface area contributed by atoms with Gasteiger partial charge in [-0.15, -0.1) is 0 Å². The van der Waals surface area contributed by atoms with E-state index in [9.17, 15) is 14.4 Å². The summed E-state index contributed by atoms with van der Waals surface area (Å²) in [6.45, 7) is 7.57. The molecule has 0 aromatic heterocycles. The molecule has 2 aliphatic rings. The molecule has 9 heteroatoms. The quantitative estimate of drug-likeness (QED) is 0.0643. The van der Waals surface area contributed by atoms with Gasteiger partial charge in [-0.3, -0.25) is 4.79 Å². The van der Waals surface area contributed by atoms with E-state index in [1.165, 1.54) is 43.9 Å². The Bertz CT molecular complexity index is 1550. The van der Waals surface area contributed by atoms with Gasteiger partial charge < -0.3 is 28.4 Å². The maximum atomic E-state index is 13.3. The SMILES string of the molecule is CCCCOC1CCC(C(=O)Oc2ccc(OC(=O)c3ccc(OCCCCCCC4(CC)COC4)cc3)cc2C(=O)OCc2ccccc2)CC1. The average Bonchev–Trinajstić information content (AvgIpc) is 3.16. The number of rotatable bonds is 20. The Morgan fingerprint density at radius 1 is 0.750 bits per heavy atom. The molecule has 0 atom stereocenters. The van der Waals surface area contributed by atoms with E-state index in [0.29, 0.717) is 36.2 Å². The maximum Gasteiger partial charge on any atom is 0.343 e. The second-order valence-electron chi connectivity index (χ2n) is 14.1. The van der Waals surface area contributed by atoms with Gasteiger partial charge in [0.2, 0.25) is 0 Å². The lowest BCUT2D eigenvalue weighted by Crippen LogP contribution is -2.41. The first-order valence-corrected chi connectivity index (χ1v) is 19.1. The smallest absolute Gasteiger partial charge is 0.343 e. The van der Waals surface area contributed by atoms with Crippen molar-refractivity contribution in [2.24, 2.45) is 11.3 Å². The molecule has 280 valence electrons. The highest BCUT2D eigenvalue weighted by atomic mass is 16.6. The number of esters is 3. The second-order valence-corrected chi connectivity index (χ2v) is 14.1. The molecule has 0 bridgehead atoms. The molecule has 3 aromatic carbocycles. The summed E-state index contributed by atoms with van der Waals surface area (Å²) in [6.07, 6.45) is 12.0. The third-order valence-corrected chi connectivity index (χ3v) is 10.2. The monoisotopic (exact) mass is 714 g/mol. The Balaban J connectivity index is 1.14. The first-order valence-electron chi connectivity index (χ1n) is 19.1. The molecule has 1 heterocycles. The zero-order valence-corrected chi connectivity index (χ0v) is 30.8. The lowest BCUT2D eigenvalue weighted by molar-refractivity contribution is -0.141. The van der Waals surface area contributed by atoms with Gasteiger partial charge in [-0.25, -0.2) is 9.59 Å². The van der Waals surface area contributed by atoms with Crippen molar-refractivity contribution >= 4 is 17.9 Å². The largest absolute Gasteiger partial charge is 0.494 e. The van der Waals surface area contributed by atoms with Crippen LogP contribution < -0.4 is 14.2 Å². The predicted octanol–water partition coefficient (Wildman–Crippen LogP) is 9.30. The van der Waals surface area contributed by atoms with Gasteiger partial charge >= 0.3 is 17.9 Å². The van der Waals surface area contributed by atoms with Crippen LogP contribution in [-0.2, 0) is 25.6 Å². The van der Waals surface area contributed by atoms with Crippen LogP contribution >= 0.6 is 0 Å². The summed E-state index contributed by atoms with van der Waals surface area (Å²) >= 11 is 0. The molecule has 0 N–H and O–H groups in total. The molecule has 0 unspecified atom stereocenters. The van der Waals surface area contributed by atoms with Crippen LogP contribution in [0.4, 0.5) is 0 Å². The fourth-order valence-electron chi connectivity index (χ4n) is 6.59. The zero-order valence-electron chi connectivity index (χ0n) is 30.8. The Labute approximate surface area is 308 Å². The van der Waals surface area contributed by atoms with E-state index in [2.05, 4.69) is 13.8 Å². The molecular weight excluding hydrogens is 660 g/mol. The van der Waals surface area contributed by atoms with Gasteiger partial charge in [0.05, 0.1) is 37.4 Å². The second kappa shape index (κ2) is 20.1. The molecular formula is C43H54O9. The van der Waals surface area contributed by atoms with Gasteiger partial charge in [-0.05, 0) is 99.4 Å². The van der Waals surface area contributed by atoms with E-state index in [0.717, 1.165) is 63.9 Å². The lowest BCUT2D eigenvalue weighted by atomic mass is 9.78. The van der Waals surface area contributed by atoms with Crippen LogP contribution in [0.15, 0.2) is 72.8 Å². The molecule has 0 amide bonds. The minimum atomic E-state index is -0.697. The Morgan fingerprint density at radius 3 is 2.17 bits per heavy atom. The van der Waals surface area contributed by atoms with Crippen molar-refractivity contribution in [1.29, 1.82) is 0 Å². The third-order valence-electron chi connectivity index (χ3n) is 10.2. The van der Waals surface area contributed by atoms with E-state index in [4.69, 9.17) is 28.4 Å². The number of carbonyl (C=O) groups excluding carboxylic acids is 3. The van der Waals surface area contributed by atoms with Crippen molar-refractivity contribution < 1.29 is 42.8 Å². The molecule has 1 saturated carbocycles. The third kappa shape index (κ3) is 11.7. The number of unbranched alkanes of at least 4 members (excludes halogenated alkanes) is 4. The molecule has 2 fully saturated rings. The van der Waals surface area contributed by atoms with Gasteiger partial charge in [0.15, 0.2) is 0 Å². The molecule has 1 aliphatic heterocycles. The van der Waals surface area contributed by atoms with Gasteiger partial charge in [-0.2, -0.15) is 0 Å². The summed E-state index contributed by atoms with van der Waals surface area (Å²) in [5.74, 6) is -1.13. The van der Waals surface area contributed by atoms with Gasteiger partial charge in [0.1, 0.15) is 29.4 Å². The van der Waals surface area contributed by atoms with Crippen LogP contribution in [0.2, 0.25) is 0 Å². The minimum Gasteiger partial charge on any atom is -0.494 e. The summed E-state index contributed by atoms with van der Waals surface area (Å²) < 4.78 is 34.3. The fourth-order valence-corrected chi connectivity index (χ4v) is 6.59. The molecule has 0 spiro atoms. The van der Waals surface area contributed by atoms with Gasteiger partial charge in [0, 0.05) is 12.0 Å². The van der Waals surface area contributed by atoms with Crippen LogP contribution in [-0.4, -0.2) is 50.4 Å². The minimum absolute atomic E-state index is 0.00293. The molecule has 3 aromatic rings. The number of ether oxygens (including phenoxy) is 6. The lowest BCUT2D eigenvalue weighted by Gasteiger charge is -2.41. The summed E-state index contributed by atoms with van der Waals surface area (Å²) in [4.78, 5) is 39.7. The number of benzene rings is 3. The maximum absolute atomic E-state index is 13.3. The predicted molar refractivity (Wildman–Crippen MR) is 198 cm³/mol. The summed E-state index contributed by atoms with van der Waals surface area (Å²) in [5, 5.41) is 0. The van der Waals surface area contributed by atoms with Crippen LogP contribution in [0.5, 0.6) is 17.2 Å². The Kier molecular flexibility index (Phi) is 15.1. The van der Waals surface area contributed by atoms with Crippen molar-refractivity contribution in [2.45, 2.75) is 104 Å².